The molecule has 1 spiro atoms. The maximum absolute atomic E-state index is 2.56. The van der Waals surface area contributed by atoms with Crippen LogP contribution in [-0.4, -0.2) is 6.54 Å². The Morgan fingerprint density at radius 3 is 1.81 bits per heavy atom. The van der Waals surface area contributed by atoms with E-state index in [1.807, 2.05) is 0 Å². The molecule has 326 valence electrons. The first-order chi connectivity index (χ1) is 33.4. The molecule has 14 rings (SSSR count). The summed E-state index contributed by atoms with van der Waals surface area (Å²) in [5, 5.41) is 0. The highest BCUT2D eigenvalue weighted by atomic mass is 15.2. The van der Waals surface area contributed by atoms with Crippen LogP contribution in [-0.2, 0) is 17.3 Å². The van der Waals surface area contributed by atoms with Crippen molar-refractivity contribution in [3.8, 4) is 33.4 Å². The maximum atomic E-state index is 2.56. The average Bonchev–Trinajstić information content (AvgIpc) is 3.86. The van der Waals surface area contributed by atoms with Crippen molar-refractivity contribution in [1.82, 2.24) is 0 Å². The van der Waals surface area contributed by atoms with Crippen molar-refractivity contribution in [1.29, 1.82) is 0 Å². The first kappa shape index (κ1) is 39.5. The van der Waals surface area contributed by atoms with Crippen molar-refractivity contribution in [3.05, 3.63) is 255 Å². The van der Waals surface area contributed by atoms with Gasteiger partial charge in [-0.1, -0.05) is 179 Å². The van der Waals surface area contributed by atoms with Gasteiger partial charge in [0, 0.05) is 34.7 Å². The number of nitrogens with zero attached hydrogens (tertiary/aromatic N) is 2. The molecule has 4 aliphatic carbocycles. The van der Waals surface area contributed by atoms with Crippen molar-refractivity contribution in [3.63, 3.8) is 0 Å². The van der Waals surface area contributed by atoms with Gasteiger partial charge in [0.2, 0.25) is 0 Å². The Bertz CT molecular complexity index is 3540. The zero-order valence-electron chi connectivity index (χ0n) is 38.9. The predicted octanol–water partition coefficient (Wildman–Crippen LogP) is 16.6. The summed E-state index contributed by atoms with van der Waals surface area (Å²) in [5.74, 6) is 0.465. The highest BCUT2D eigenvalue weighted by Crippen LogP contribution is 2.63. The van der Waals surface area contributed by atoms with E-state index < -0.39 is 5.41 Å². The van der Waals surface area contributed by atoms with Gasteiger partial charge in [0.1, 0.15) is 0 Å². The van der Waals surface area contributed by atoms with E-state index in [0.29, 0.717) is 5.92 Å². The summed E-state index contributed by atoms with van der Waals surface area (Å²) in [6, 6.07) is 64.9. The second-order valence-corrected chi connectivity index (χ2v) is 20.4. The molecule has 0 fully saturated rings. The SMILES string of the molecule is CC1CC=CC2=C1C=Cc1ccccc1N2c1ccc2c(c1)C(C)(C)c1cc(C=Cc3ccc4c(c3)C3(c5ccccc5-c5ccccc53)c3cc(N5CCCc6ccccc65)ccc3-4)ccc1-2. The number of hydrogen-bond acceptors (Lipinski definition) is 2. The van der Waals surface area contributed by atoms with Crippen molar-refractivity contribution in [2.45, 2.75) is 50.9 Å². The summed E-state index contributed by atoms with van der Waals surface area (Å²) in [7, 11) is 0. The summed E-state index contributed by atoms with van der Waals surface area (Å²) in [4.78, 5) is 5.06. The van der Waals surface area contributed by atoms with E-state index in [-0.39, 0.29) is 5.41 Å². The van der Waals surface area contributed by atoms with Crippen LogP contribution >= 0.6 is 0 Å². The lowest BCUT2D eigenvalue weighted by molar-refractivity contribution is 0.660. The lowest BCUT2D eigenvalue weighted by atomic mass is 9.70. The monoisotopic (exact) mass is 872 g/mol. The van der Waals surface area contributed by atoms with E-state index in [1.54, 1.807) is 0 Å². The molecule has 1 atom stereocenters. The highest BCUT2D eigenvalue weighted by molar-refractivity contribution is 5.97. The number of hydrogen-bond donors (Lipinski definition) is 0. The molecule has 0 saturated heterocycles. The minimum Gasteiger partial charge on any atom is -0.341 e. The molecular weight excluding hydrogens is 821 g/mol. The summed E-state index contributed by atoms with van der Waals surface area (Å²) in [6.45, 7) is 8.19. The third kappa shape index (κ3) is 5.52. The van der Waals surface area contributed by atoms with Crippen LogP contribution in [0.2, 0.25) is 0 Å². The average molecular weight is 873 g/mol. The molecule has 0 amide bonds. The van der Waals surface area contributed by atoms with Gasteiger partial charge in [-0.05, 0) is 168 Å². The van der Waals surface area contributed by atoms with Crippen LogP contribution in [0.4, 0.5) is 22.7 Å². The Morgan fingerprint density at radius 1 is 0.500 bits per heavy atom. The smallest absolute Gasteiger partial charge is 0.0726 e. The molecule has 8 aromatic carbocycles. The van der Waals surface area contributed by atoms with Gasteiger partial charge >= 0.3 is 0 Å². The number of para-hydroxylation sites is 2. The molecule has 0 N–H and O–H groups in total. The van der Waals surface area contributed by atoms with E-state index in [4.69, 9.17) is 0 Å². The molecule has 2 aliphatic heterocycles. The predicted molar refractivity (Wildman–Crippen MR) is 285 cm³/mol. The number of fused-ring (bicyclic) bond motifs is 15. The van der Waals surface area contributed by atoms with Crippen LogP contribution in [0.15, 0.2) is 199 Å². The highest BCUT2D eigenvalue weighted by Gasteiger charge is 2.52. The number of benzene rings is 8. The van der Waals surface area contributed by atoms with E-state index >= 15 is 0 Å². The third-order valence-electron chi connectivity index (χ3n) is 16.4. The topological polar surface area (TPSA) is 6.48 Å². The van der Waals surface area contributed by atoms with Crippen LogP contribution in [0.5, 0.6) is 0 Å². The lowest BCUT2D eigenvalue weighted by Gasteiger charge is -2.34. The van der Waals surface area contributed by atoms with Crippen LogP contribution in [0.1, 0.15) is 89.2 Å². The fraction of sp³-hybridized carbons (Fsp3) is 0.152. The lowest BCUT2D eigenvalue weighted by Crippen LogP contribution is -2.27. The molecule has 2 heteroatoms. The van der Waals surface area contributed by atoms with Crippen LogP contribution in [0.3, 0.4) is 0 Å². The molecule has 1 unspecified atom stereocenters. The second kappa shape index (κ2) is 14.7. The fourth-order valence-electron chi connectivity index (χ4n) is 13.1. The Hall–Kier alpha value is -7.68. The van der Waals surface area contributed by atoms with Gasteiger partial charge in [-0.25, -0.2) is 0 Å². The van der Waals surface area contributed by atoms with E-state index in [0.717, 1.165) is 25.8 Å². The van der Waals surface area contributed by atoms with Gasteiger partial charge in [0.05, 0.1) is 11.1 Å². The molecule has 0 radical (unpaired) electrons. The summed E-state index contributed by atoms with van der Waals surface area (Å²) in [6.07, 6.45) is 17.4. The zero-order chi connectivity index (χ0) is 45.3. The number of aryl methyl sites for hydroxylation is 1. The molecular formula is C66H52N2. The molecule has 2 nitrogen and oxygen atoms in total. The molecule has 0 saturated carbocycles. The molecule has 8 aromatic rings. The van der Waals surface area contributed by atoms with Crippen LogP contribution in [0.25, 0.3) is 51.6 Å². The largest absolute Gasteiger partial charge is 0.341 e. The fourth-order valence-corrected chi connectivity index (χ4v) is 13.1. The van der Waals surface area contributed by atoms with Crippen molar-refractivity contribution >= 4 is 41.0 Å². The summed E-state index contributed by atoms with van der Waals surface area (Å²) in [5.41, 5.74) is 28.5. The Morgan fingerprint density at radius 2 is 1.06 bits per heavy atom. The van der Waals surface area contributed by atoms with Crippen LogP contribution < -0.4 is 9.80 Å². The maximum Gasteiger partial charge on any atom is 0.0726 e. The van der Waals surface area contributed by atoms with Crippen LogP contribution in [0, 0.1) is 5.92 Å². The molecule has 0 aromatic heterocycles. The first-order valence-electron chi connectivity index (χ1n) is 24.7. The quantitative estimate of drug-likeness (QED) is 0.163. The Kier molecular flexibility index (Phi) is 8.51. The number of allylic oxidation sites excluding steroid dienone is 4. The molecule has 68 heavy (non-hydrogen) atoms. The number of anilines is 4. The Labute approximate surface area is 400 Å². The minimum absolute atomic E-state index is 0.175. The molecule has 0 bridgehead atoms. The Balaban J connectivity index is 0.844. The van der Waals surface area contributed by atoms with E-state index in [2.05, 4.69) is 237 Å². The van der Waals surface area contributed by atoms with Gasteiger partial charge in [0.25, 0.3) is 0 Å². The summed E-state index contributed by atoms with van der Waals surface area (Å²) >= 11 is 0. The van der Waals surface area contributed by atoms with Gasteiger partial charge in [-0.3, -0.25) is 0 Å². The number of rotatable bonds is 4. The molecule has 2 heterocycles. The third-order valence-corrected chi connectivity index (χ3v) is 16.4. The summed E-state index contributed by atoms with van der Waals surface area (Å²) < 4.78 is 0. The van der Waals surface area contributed by atoms with Crippen molar-refractivity contribution in [2.24, 2.45) is 5.92 Å². The normalized spacial score (nSPS) is 18.1. The van der Waals surface area contributed by atoms with Gasteiger partial charge in [-0.15, -0.1) is 0 Å². The zero-order valence-corrected chi connectivity index (χ0v) is 38.9. The van der Waals surface area contributed by atoms with E-state index in [9.17, 15) is 0 Å². The van der Waals surface area contributed by atoms with Gasteiger partial charge in [0.15, 0.2) is 0 Å². The first-order valence-corrected chi connectivity index (χ1v) is 24.7. The van der Waals surface area contributed by atoms with E-state index in [1.165, 1.54) is 123 Å². The minimum atomic E-state index is -0.426. The standard InChI is InChI=1S/C66H52N2/c1-42-14-12-24-64-49(42)34-29-46-16-5-11-23-63(46)68(64)48-31-36-53-52-32-27-43(38-58(52)65(2,3)59(53)41-48)25-26-44-28-33-54-55-35-30-47(67-37-13-17-45-15-4-10-22-62(45)67)40-61(55)66(60(54)39-44)56-20-8-6-18-50(56)51-19-7-9-21-57(51)66/h4-12,15-16,18-36,38-42H,13-14,17,37H2,1-3H3. The van der Waals surface area contributed by atoms with Gasteiger partial charge in [-0.2, -0.15) is 0 Å². The second-order valence-electron chi connectivity index (χ2n) is 20.4. The molecule has 6 aliphatic rings. The van der Waals surface area contributed by atoms with Gasteiger partial charge < -0.3 is 9.80 Å². The van der Waals surface area contributed by atoms with Crippen molar-refractivity contribution < 1.29 is 0 Å². The van der Waals surface area contributed by atoms with Crippen molar-refractivity contribution in [2.75, 3.05) is 16.3 Å².